The molecule has 2 aliphatic heterocycles. The molecule has 0 saturated carbocycles. The van der Waals surface area contributed by atoms with E-state index in [9.17, 15) is 18.0 Å². The minimum absolute atomic E-state index is 0.0350. The second kappa shape index (κ2) is 9.48. The molecule has 1 atom stereocenters. The summed E-state index contributed by atoms with van der Waals surface area (Å²) in [6, 6.07) is 11.6. The number of amides is 2. The monoisotopic (exact) mass is 568 g/mol. The molecule has 0 aliphatic carbocycles. The number of sulfonamides is 1. The minimum atomic E-state index is -3.63. The van der Waals surface area contributed by atoms with Crippen LogP contribution in [0.4, 0.5) is 0 Å². The fourth-order valence-corrected chi connectivity index (χ4v) is 5.54. The lowest BCUT2D eigenvalue weighted by Crippen LogP contribution is -2.41. The van der Waals surface area contributed by atoms with Crippen LogP contribution in [0.25, 0.3) is 0 Å². The number of imide groups is 1. The fraction of sp³-hybridized carbons (Fsp3) is 0.250. The van der Waals surface area contributed by atoms with Gasteiger partial charge in [-0.2, -0.15) is 5.26 Å². The van der Waals surface area contributed by atoms with E-state index in [2.05, 4.69) is 38.1 Å². The Bertz CT molecular complexity index is 1140. The molecule has 0 unspecified atom stereocenters. The summed E-state index contributed by atoms with van der Waals surface area (Å²) in [7, 11) is -3.63. The first-order valence-corrected chi connectivity index (χ1v) is 12.4. The topological polar surface area (TPSA) is 125 Å². The van der Waals surface area contributed by atoms with E-state index >= 15 is 0 Å². The van der Waals surface area contributed by atoms with Crippen molar-refractivity contribution >= 4 is 53.7 Å². The zero-order valence-electron chi connectivity index (χ0n) is 16.2. The summed E-state index contributed by atoms with van der Waals surface area (Å²) in [6.07, 6.45) is 3.90. The standard InChI is InChI=1S/C14H13N3O2.C6H5Br2NO2S/c15-9-16-7-3-4-10(16)8-17-13(18)11-5-1-2-6-12(11)14(17)19;7-4-1-2-5(8)6(3-4)12(9,10)11/h1-2,5-6,10H,3-4,7-8H2;1-3H,(H2,9,10,11)/t10-;/m1./s1. The number of carbonyl (C=O) groups excluding carboxylic acids is 2. The van der Waals surface area contributed by atoms with Crippen molar-refractivity contribution in [3.05, 3.63) is 62.5 Å². The number of likely N-dealkylation sites (tertiary alicyclic amines) is 1. The highest BCUT2D eigenvalue weighted by Crippen LogP contribution is 2.26. The van der Waals surface area contributed by atoms with Gasteiger partial charge in [-0.25, -0.2) is 13.6 Å². The van der Waals surface area contributed by atoms with E-state index in [-0.39, 0.29) is 22.8 Å². The summed E-state index contributed by atoms with van der Waals surface area (Å²) in [4.78, 5) is 27.4. The van der Waals surface area contributed by atoms with Gasteiger partial charge >= 0.3 is 0 Å². The van der Waals surface area contributed by atoms with Crippen molar-refractivity contribution in [1.29, 1.82) is 5.26 Å². The first-order chi connectivity index (χ1) is 14.6. The maximum Gasteiger partial charge on any atom is 0.261 e. The Balaban J connectivity index is 0.000000196. The average molecular weight is 570 g/mol. The maximum atomic E-state index is 12.2. The van der Waals surface area contributed by atoms with Gasteiger partial charge in [-0.15, -0.1) is 0 Å². The van der Waals surface area contributed by atoms with Crippen LogP contribution in [0.3, 0.4) is 0 Å². The van der Waals surface area contributed by atoms with Crippen LogP contribution in [0, 0.1) is 11.5 Å². The predicted molar refractivity (Wildman–Crippen MR) is 120 cm³/mol. The second-order valence-corrected chi connectivity index (χ2v) is 10.3. The Kier molecular flexibility index (Phi) is 7.16. The Morgan fingerprint density at radius 1 is 1.10 bits per heavy atom. The van der Waals surface area contributed by atoms with Crippen molar-refractivity contribution in [2.75, 3.05) is 13.1 Å². The Morgan fingerprint density at radius 2 is 1.71 bits per heavy atom. The van der Waals surface area contributed by atoms with Crippen LogP contribution >= 0.6 is 31.9 Å². The van der Waals surface area contributed by atoms with Gasteiger partial charge in [0.25, 0.3) is 11.8 Å². The smallest absolute Gasteiger partial charge is 0.261 e. The molecule has 162 valence electrons. The summed E-state index contributed by atoms with van der Waals surface area (Å²) in [5.74, 6) is -0.490. The number of rotatable bonds is 3. The lowest BCUT2D eigenvalue weighted by Gasteiger charge is -2.23. The largest absolute Gasteiger partial charge is 0.306 e. The van der Waals surface area contributed by atoms with Crippen LogP contribution in [0.1, 0.15) is 33.6 Å². The number of fused-ring (bicyclic) bond motifs is 1. The van der Waals surface area contributed by atoms with Crippen LogP contribution in [-0.2, 0) is 10.0 Å². The molecule has 31 heavy (non-hydrogen) atoms. The third-order valence-electron chi connectivity index (χ3n) is 4.98. The summed E-state index contributed by atoms with van der Waals surface area (Å²) in [6.45, 7) is 1.02. The molecule has 2 amide bonds. The Hall–Kier alpha value is -2.26. The highest BCUT2D eigenvalue weighted by atomic mass is 79.9. The molecule has 2 aromatic rings. The first kappa shape index (κ1) is 23.4. The van der Waals surface area contributed by atoms with Crippen molar-refractivity contribution in [3.8, 4) is 6.19 Å². The minimum Gasteiger partial charge on any atom is -0.306 e. The van der Waals surface area contributed by atoms with Crippen LogP contribution < -0.4 is 5.14 Å². The SMILES string of the molecule is N#CN1CCC[C@@H]1CN1C(=O)c2ccccc2C1=O.NS(=O)(=O)c1cc(Br)ccc1Br. The van der Waals surface area contributed by atoms with Crippen LogP contribution in [0.15, 0.2) is 56.3 Å². The van der Waals surface area contributed by atoms with Gasteiger partial charge in [-0.1, -0.05) is 28.1 Å². The van der Waals surface area contributed by atoms with Gasteiger partial charge in [0.1, 0.15) is 0 Å². The molecular weight excluding hydrogens is 552 g/mol. The summed E-state index contributed by atoms with van der Waals surface area (Å²) in [5.41, 5.74) is 0.933. The van der Waals surface area contributed by atoms with Gasteiger partial charge in [-0.05, 0) is 59.1 Å². The number of hydrogen-bond donors (Lipinski definition) is 1. The van der Waals surface area contributed by atoms with Gasteiger partial charge in [-0.3, -0.25) is 14.5 Å². The van der Waals surface area contributed by atoms with Crippen LogP contribution in [0.5, 0.6) is 0 Å². The number of hydrogen-bond acceptors (Lipinski definition) is 6. The van der Waals surface area contributed by atoms with Gasteiger partial charge in [0.05, 0.1) is 28.6 Å². The lowest BCUT2D eigenvalue weighted by molar-refractivity contribution is 0.0624. The van der Waals surface area contributed by atoms with Crippen molar-refractivity contribution in [2.24, 2.45) is 5.14 Å². The van der Waals surface area contributed by atoms with E-state index < -0.39 is 10.0 Å². The van der Waals surface area contributed by atoms with Gasteiger partial charge in [0.15, 0.2) is 6.19 Å². The van der Waals surface area contributed by atoms with E-state index in [0.717, 1.165) is 12.8 Å². The molecule has 2 aliphatic rings. The number of primary sulfonamides is 1. The van der Waals surface area contributed by atoms with E-state index in [1.54, 1.807) is 41.3 Å². The Labute approximate surface area is 196 Å². The van der Waals surface area contributed by atoms with Crippen molar-refractivity contribution in [2.45, 2.75) is 23.8 Å². The molecule has 4 rings (SSSR count). The number of nitrogens with zero attached hydrogens (tertiary/aromatic N) is 3. The molecule has 2 N–H and O–H groups in total. The van der Waals surface area contributed by atoms with E-state index in [0.29, 0.717) is 33.2 Å². The number of nitriles is 1. The van der Waals surface area contributed by atoms with Crippen molar-refractivity contribution in [3.63, 3.8) is 0 Å². The van der Waals surface area contributed by atoms with Crippen LogP contribution in [-0.4, -0.2) is 49.2 Å². The van der Waals surface area contributed by atoms with Gasteiger partial charge in [0.2, 0.25) is 10.0 Å². The normalized spacial score (nSPS) is 17.8. The molecular formula is C20H18Br2N4O4S. The average Bonchev–Trinajstić information content (AvgIpc) is 3.28. The van der Waals surface area contributed by atoms with E-state index in [1.807, 2.05) is 0 Å². The quantitative estimate of drug-likeness (QED) is 0.447. The predicted octanol–water partition coefficient (Wildman–Crippen LogP) is 3.09. The molecule has 1 fully saturated rings. The molecule has 0 aromatic heterocycles. The van der Waals surface area contributed by atoms with Crippen molar-refractivity contribution < 1.29 is 18.0 Å². The number of benzene rings is 2. The number of nitrogens with two attached hydrogens (primary N) is 1. The summed E-state index contributed by atoms with van der Waals surface area (Å²) < 4.78 is 23.0. The third kappa shape index (κ3) is 5.15. The van der Waals surface area contributed by atoms with Gasteiger partial charge < -0.3 is 4.90 Å². The summed E-state index contributed by atoms with van der Waals surface area (Å²) in [5, 5.41) is 14.0. The molecule has 2 heterocycles. The molecule has 2 aromatic carbocycles. The zero-order chi connectivity index (χ0) is 22.8. The first-order valence-electron chi connectivity index (χ1n) is 9.23. The highest BCUT2D eigenvalue weighted by molar-refractivity contribution is 9.11. The fourth-order valence-electron chi connectivity index (χ4n) is 3.47. The summed E-state index contributed by atoms with van der Waals surface area (Å²) >= 11 is 6.23. The molecule has 8 nitrogen and oxygen atoms in total. The van der Waals surface area contributed by atoms with Crippen molar-refractivity contribution in [1.82, 2.24) is 9.80 Å². The Morgan fingerprint density at radius 3 is 2.23 bits per heavy atom. The lowest BCUT2D eigenvalue weighted by atomic mass is 10.1. The number of carbonyl (C=O) groups is 2. The van der Waals surface area contributed by atoms with E-state index in [4.69, 9.17) is 10.4 Å². The second-order valence-electron chi connectivity index (χ2n) is 6.98. The zero-order valence-corrected chi connectivity index (χ0v) is 20.2. The molecule has 0 bridgehead atoms. The van der Waals surface area contributed by atoms with Crippen LogP contribution in [0.2, 0.25) is 0 Å². The van der Waals surface area contributed by atoms with Gasteiger partial charge in [0, 0.05) is 15.5 Å². The third-order valence-corrected chi connectivity index (χ3v) is 7.37. The molecule has 1 saturated heterocycles. The maximum absolute atomic E-state index is 12.2. The van der Waals surface area contributed by atoms with E-state index in [1.165, 1.54) is 11.0 Å². The number of halogens is 2. The molecule has 0 spiro atoms. The highest BCUT2D eigenvalue weighted by Gasteiger charge is 2.38. The molecule has 0 radical (unpaired) electrons. The molecule has 11 heteroatoms.